The van der Waals surface area contributed by atoms with E-state index in [0.717, 1.165) is 25.1 Å². The van der Waals surface area contributed by atoms with Gasteiger partial charge in [-0.1, -0.05) is 26.7 Å². The first kappa shape index (κ1) is 17.3. The van der Waals surface area contributed by atoms with Crippen LogP contribution in [0.15, 0.2) is 22.9 Å². The van der Waals surface area contributed by atoms with Crippen LogP contribution in [-0.4, -0.2) is 48.0 Å². The fourth-order valence-electron chi connectivity index (χ4n) is 7.64. The van der Waals surface area contributed by atoms with Gasteiger partial charge < -0.3 is 18.9 Å². The third-order valence-corrected chi connectivity index (χ3v) is 8.53. The first-order valence-corrected chi connectivity index (χ1v) is 10.8. The third-order valence-electron chi connectivity index (χ3n) is 8.53. The molecule has 0 radical (unpaired) electrons. The van der Waals surface area contributed by atoms with Gasteiger partial charge in [0.25, 0.3) is 0 Å². The molecule has 0 amide bonds. The molecule has 0 saturated carbocycles. The van der Waals surface area contributed by atoms with E-state index in [0.29, 0.717) is 29.1 Å². The van der Waals surface area contributed by atoms with E-state index in [2.05, 4.69) is 18.7 Å². The number of carbonyl (C=O) groups excluding carboxylic acids is 1. The Balaban J connectivity index is 1.46. The van der Waals surface area contributed by atoms with Crippen LogP contribution >= 0.6 is 0 Å². The maximum Gasteiger partial charge on any atom is 0.343 e. The molecule has 2 unspecified atom stereocenters. The van der Waals surface area contributed by atoms with E-state index in [9.17, 15) is 4.79 Å². The average molecular weight is 387 g/mol. The van der Waals surface area contributed by atoms with Gasteiger partial charge in [-0.15, -0.1) is 0 Å². The van der Waals surface area contributed by atoms with Crippen LogP contribution in [0.4, 0.5) is 0 Å². The molecule has 1 spiro atoms. The molecule has 0 aliphatic carbocycles. The Morgan fingerprint density at radius 3 is 2.93 bits per heavy atom. The topological polar surface area (TPSA) is 57.2 Å². The van der Waals surface area contributed by atoms with E-state index in [1.165, 1.54) is 19.3 Å². The number of rotatable bonds is 4. The molecule has 5 fully saturated rings. The predicted molar refractivity (Wildman–Crippen MR) is 99.6 cm³/mol. The molecule has 8 atom stereocenters. The Morgan fingerprint density at radius 2 is 2.18 bits per heavy atom. The number of hydrogen-bond donors (Lipinski definition) is 0. The molecule has 5 bridgehead atoms. The Bertz CT molecular complexity index is 833. The molecule has 6 aliphatic heterocycles. The number of unbranched alkanes of at least 4 members (excludes halogenated alkanes) is 1. The van der Waals surface area contributed by atoms with Gasteiger partial charge in [-0.3, -0.25) is 4.90 Å². The van der Waals surface area contributed by atoms with Crippen LogP contribution in [0.2, 0.25) is 0 Å². The Labute approximate surface area is 165 Å². The molecule has 0 aromatic carbocycles. The van der Waals surface area contributed by atoms with Crippen LogP contribution in [0.1, 0.15) is 52.9 Å². The third kappa shape index (κ3) is 1.65. The fraction of sp³-hybridized carbons (Fsp3) is 0.773. The molecule has 152 valence electrons. The van der Waals surface area contributed by atoms with Crippen LogP contribution in [0.5, 0.6) is 0 Å². The molecular formula is C22H29NO5. The predicted octanol–water partition coefficient (Wildman–Crippen LogP) is 3.09. The van der Waals surface area contributed by atoms with Gasteiger partial charge in [0.05, 0.1) is 30.2 Å². The van der Waals surface area contributed by atoms with Gasteiger partial charge in [-0.2, -0.15) is 0 Å². The maximum absolute atomic E-state index is 12.2. The fourth-order valence-corrected chi connectivity index (χ4v) is 7.64. The molecule has 28 heavy (non-hydrogen) atoms. The summed E-state index contributed by atoms with van der Waals surface area (Å²) in [6.45, 7) is 7.37. The van der Waals surface area contributed by atoms with E-state index in [4.69, 9.17) is 18.9 Å². The number of hydrogen-bond acceptors (Lipinski definition) is 6. The summed E-state index contributed by atoms with van der Waals surface area (Å²) in [5.74, 6) is 1.64. The highest BCUT2D eigenvalue weighted by Gasteiger charge is 2.84. The van der Waals surface area contributed by atoms with Crippen LogP contribution in [-0.2, 0) is 23.7 Å². The highest BCUT2D eigenvalue weighted by molar-refractivity contribution is 5.93. The van der Waals surface area contributed by atoms with Crippen LogP contribution in [0.25, 0.3) is 0 Å². The molecule has 0 aromatic heterocycles. The molecule has 6 rings (SSSR count). The van der Waals surface area contributed by atoms with Crippen LogP contribution in [0, 0.1) is 17.8 Å². The average Bonchev–Trinajstić information content (AvgIpc) is 3.38. The summed E-state index contributed by atoms with van der Waals surface area (Å²) in [5, 5.41) is 0. The molecule has 6 nitrogen and oxygen atoms in total. The standard InChI is InChI=1S/C22H29NO5/c1-5-6-8-21-14-7-9-23(21)13-10-15(21)27-22(14)16(13)11(2)18(28-22)19-17(25-4)12(3)20(24)26-19/h11,13-16H,5-10H2,1-4H3/b19-18-/t11-,13-,14?,15+,16+,21+,22+/m0/s1. The van der Waals surface area contributed by atoms with Gasteiger partial charge in [-0.05, 0) is 32.7 Å². The van der Waals surface area contributed by atoms with Crippen molar-refractivity contribution < 1.29 is 23.7 Å². The molecular weight excluding hydrogens is 358 g/mol. The van der Waals surface area contributed by atoms with Crippen molar-refractivity contribution in [2.75, 3.05) is 13.7 Å². The molecule has 6 heterocycles. The van der Waals surface area contributed by atoms with E-state index in [1.807, 2.05) is 0 Å². The second kappa shape index (κ2) is 5.33. The van der Waals surface area contributed by atoms with Crippen LogP contribution in [0.3, 0.4) is 0 Å². The Morgan fingerprint density at radius 1 is 1.36 bits per heavy atom. The number of allylic oxidation sites excluding steroid dienone is 1. The van der Waals surface area contributed by atoms with Crippen molar-refractivity contribution in [2.24, 2.45) is 17.8 Å². The number of cyclic esters (lactones) is 1. The minimum atomic E-state index is -0.558. The van der Waals surface area contributed by atoms with E-state index >= 15 is 0 Å². The van der Waals surface area contributed by atoms with Gasteiger partial charge in [0.1, 0.15) is 5.76 Å². The Kier molecular flexibility index (Phi) is 3.30. The highest BCUT2D eigenvalue weighted by Crippen LogP contribution is 2.73. The lowest BCUT2D eigenvalue weighted by Crippen LogP contribution is -2.61. The second-order valence-corrected chi connectivity index (χ2v) is 9.42. The molecule has 0 N–H and O–H groups in total. The quantitative estimate of drug-likeness (QED) is 0.691. The minimum absolute atomic E-state index is 0.134. The molecule has 0 aromatic rings. The zero-order chi connectivity index (χ0) is 19.4. The van der Waals surface area contributed by atoms with Crippen LogP contribution < -0.4 is 0 Å². The second-order valence-electron chi connectivity index (χ2n) is 9.42. The van der Waals surface area contributed by atoms with Crippen molar-refractivity contribution in [3.05, 3.63) is 22.9 Å². The van der Waals surface area contributed by atoms with Gasteiger partial charge in [0.15, 0.2) is 5.76 Å². The summed E-state index contributed by atoms with van der Waals surface area (Å²) >= 11 is 0. The van der Waals surface area contributed by atoms with Gasteiger partial charge in [-0.25, -0.2) is 4.79 Å². The number of methoxy groups -OCH3 is 1. The summed E-state index contributed by atoms with van der Waals surface area (Å²) in [6, 6.07) is 0.496. The summed E-state index contributed by atoms with van der Waals surface area (Å²) in [4.78, 5) is 14.9. The lowest BCUT2D eigenvalue weighted by atomic mass is 9.69. The van der Waals surface area contributed by atoms with Crippen molar-refractivity contribution in [2.45, 2.75) is 76.3 Å². The van der Waals surface area contributed by atoms with Crippen molar-refractivity contribution in [3.63, 3.8) is 0 Å². The van der Waals surface area contributed by atoms with Gasteiger partial charge in [0.2, 0.25) is 11.5 Å². The molecule has 5 saturated heterocycles. The Hall–Kier alpha value is -1.53. The lowest BCUT2D eigenvalue weighted by molar-refractivity contribution is -0.256. The summed E-state index contributed by atoms with van der Waals surface area (Å²) in [6.07, 6.45) is 6.15. The number of piperidine rings is 1. The summed E-state index contributed by atoms with van der Waals surface area (Å²) < 4.78 is 24.7. The van der Waals surface area contributed by atoms with Gasteiger partial charge in [0, 0.05) is 17.9 Å². The van der Waals surface area contributed by atoms with Gasteiger partial charge >= 0.3 is 5.97 Å². The highest BCUT2D eigenvalue weighted by atomic mass is 16.7. The first-order valence-electron chi connectivity index (χ1n) is 10.8. The van der Waals surface area contributed by atoms with Crippen molar-refractivity contribution in [1.82, 2.24) is 4.90 Å². The molecule has 6 aliphatic rings. The maximum atomic E-state index is 12.2. The number of carbonyl (C=O) groups is 1. The normalized spacial score (nSPS) is 52.5. The van der Waals surface area contributed by atoms with Crippen molar-refractivity contribution in [3.8, 4) is 0 Å². The monoisotopic (exact) mass is 387 g/mol. The number of fused-ring (bicyclic) bond motifs is 1. The van der Waals surface area contributed by atoms with E-state index < -0.39 is 5.79 Å². The summed E-state index contributed by atoms with van der Waals surface area (Å²) in [5.41, 5.74) is 0.659. The number of nitrogens with zero attached hydrogens (tertiary/aromatic N) is 1. The zero-order valence-electron chi connectivity index (χ0n) is 17.1. The van der Waals surface area contributed by atoms with E-state index in [-0.39, 0.29) is 29.4 Å². The summed E-state index contributed by atoms with van der Waals surface area (Å²) in [7, 11) is 1.58. The zero-order valence-corrected chi connectivity index (χ0v) is 17.1. The molecule has 6 heteroatoms. The SMILES string of the molecule is CCCC[C@]12C3CCN1[C@H]1C[C@H]2O[C@@]32O/C(=C3\OC(=O)C(C)=C3OC)[C@@H](C)[C@H]12. The number of esters is 1. The smallest absolute Gasteiger partial charge is 0.343 e. The minimum Gasteiger partial charge on any atom is -0.492 e. The number of ether oxygens (including phenoxy) is 4. The first-order chi connectivity index (χ1) is 13.5. The van der Waals surface area contributed by atoms with Crippen molar-refractivity contribution in [1.29, 1.82) is 0 Å². The van der Waals surface area contributed by atoms with E-state index in [1.54, 1.807) is 14.0 Å². The lowest BCUT2D eigenvalue weighted by Gasteiger charge is -2.48. The largest absolute Gasteiger partial charge is 0.492 e. The van der Waals surface area contributed by atoms with Crippen molar-refractivity contribution >= 4 is 5.97 Å².